The number of aryl methyl sites for hydroxylation is 1. The lowest BCUT2D eigenvalue weighted by molar-refractivity contribution is 0.490. The standard InChI is InChI=1S/C15H19NO/c1-2-3-5-12-7-9-13(10-8-12)15(16)14-6-4-11-17-14/h4,6-11,15H,2-3,5,16H2,1H3. The van der Waals surface area contributed by atoms with Crippen LogP contribution in [0.15, 0.2) is 47.1 Å². The summed E-state index contributed by atoms with van der Waals surface area (Å²) in [5, 5.41) is 0. The molecular weight excluding hydrogens is 210 g/mol. The first-order chi connectivity index (χ1) is 8.31. The average Bonchev–Trinajstić information content (AvgIpc) is 2.90. The van der Waals surface area contributed by atoms with Crippen molar-refractivity contribution in [2.45, 2.75) is 32.2 Å². The summed E-state index contributed by atoms with van der Waals surface area (Å²) in [4.78, 5) is 0. The van der Waals surface area contributed by atoms with Crippen molar-refractivity contribution in [1.82, 2.24) is 0 Å². The number of nitrogens with two attached hydrogens (primary N) is 1. The SMILES string of the molecule is CCCCc1ccc(C(N)c2ccco2)cc1. The number of hydrogen-bond donors (Lipinski definition) is 1. The van der Waals surface area contributed by atoms with Crippen molar-refractivity contribution in [3.8, 4) is 0 Å². The lowest BCUT2D eigenvalue weighted by atomic mass is 10.0. The van der Waals surface area contributed by atoms with Gasteiger partial charge in [0.1, 0.15) is 5.76 Å². The minimum Gasteiger partial charge on any atom is -0.467 e. The van der Waals surface area contributed by atoms with E-state index in [1.54, 1.807) is 6.26 Å². The largest absolute Gasteiger partial charge is 0.467 e. The van der Waals surface area contributed by atoms with Crippen molar-refractivity contribution in [3.05, 3.63) is 59.5 Å². The van der Waals surface area contributed by atoms with E-state index in [-0.39, 0.29) is 6.04 Å². The number of furan rings is 1. The van der Waals surface area contributed by atoms with Crippen LogP contribution in [-0.4, -0.2) is 0 Å². The second-order valence-corrected chi connectivity index (χ2v) is 4.34. The van der Waals surface area contributed by atoms with Crippen molar-refractivity contribution in [2.75, 3.05) is 0 Å². The first kappa shape index (κ1) is 11.9. The number of rotatable bonds is 5. The molecule has 0 aliphatic heterocycles. The highest BCUT2D eigenvalue weighted by Crippen LogP contribution is 2.20. The van der Waals surface area contributed by atoms with Gasteiger partial charge in [-0.3, -0.25) is 0 Å². The Morgan fingerprint density at radius 1 is 1.18 bits per heavy atom. The van der Waals surface area contributed by atoms with Crippen molar-refractivity contribution >= 4 is 0 Å². The third kappa shape index (κ3) is 2.98. The van der Waals surface area contributed by atoms with Crippen molar-refractivity contribution < 1.29 is 4.42 Å². The predicted octanol–water partition coefficient (Wildman–Crippen LogP) is 3.67. The third-order valence-electron chi connectivity index (χ3n) is 3.01. The maximum Gasteiger partial charge on any atom is 0.124 e. The van der Waals surface area contributed by atoms with Crippen LogP contribution < -0.4 is 5.73 Å². The van der Waals surface area contributed by atoms with Gasteiger partial charge < -0.3 is 10.2 Å². The molecule has 0 aliphatic rings. The monoisotopic (exact) mass is 229 g/mol. The number of hydrogen-bond acceptors (Lipinski definition) is 2. The lowest BCUT2D eigenvalue weighted by Gasteiger charge is -2.10. The molecule has 0 spiro atoms. The van der Waals surface area contributed by atoms with Crippen LogP contribution in [-0.2, 0) is 6.42 Å². The summed E-state index contributed by atoms with van der Waals surface area (Å²) in [6.07, 6.45) is 5.27. The fourth-order valence-corrected chi connectivity index (χ4v) is 1.91. The summed E-state index contributed by atoms with van der Waals surface area (Å²) >= 11 is 0. The van der Waals surface area contributed by atoms with Gasteiger partial charge in [0.2, 0.25) is 0 Å². The fourth-order valence-electron chi connectivity index (χ4n) is 1.91. The summed E-state index contributed by atoms with van der Waals surface area (Å²) in [6, 6.07) is 12.1. The van der Waals surface area contributed by atoms with Crippen LogP contribution in [0.5, 0.6) is 0 Å². The zero-order valence-corrected chi connectivity index (χ0v) is 10.2. The Hall–Kier alpha value is -1.54. The van der Waals surface area contributed by atoms with E-state index in [4.69, 9.17) is 10.2 Å². The van der Waals surface area contributed by atoms with E-state index in [1.165, 1.54) is 18.4 Å². The topological polar surface area (TPSA) is 39.2 Å². The molecule has 2 heteroatoms. The Kier molecular flexibility index (Phi) is 3.99. The smallest absolute Gasteiger partial charge is 0.124 e. The molecule has 1 aromatic heterocycles. The summed E-state index contributed by atoms with van der Waals surface area (Å²) in [6.45, 7) is 2.21. The minimum absolute atomic E-state index is 0.162. The molecule has 2 nitrogen and oxygen atoms in total. The van der Waals surface area contributed by atoms with Gasteiger partial charge in [-0.1, -0.05) is 37.6 Å². The van der Waals surface area contributed by atoms with Crippen molar-refractivity contribution in [3.63, 3.8) is 0 Å². The average molecular weight is 229 g/mol. The first-order valence-electron chi connectivity index (χ1n) is 6.19. The van der Waals surface area contributed by atoms with Crippen molar-refractivity contribution in [1.29, 1.82) is 0 Å². The number of benzene rings is 1. The van der Waals surface area contributed by atoms with Crippen LogP contribution in [0, 0.1) is 0 Å². The Bertz CT molecular complexity index is 430. The summed E-state index contributed by atoms with van der Waals surface area (Å²) in [7, 11) is 0. The highest BCUT2D eigenvalue weighted by atomic mass is 16.3. The molecule has 1 unspecified atom stereocenters. The van der Waals surface area contributed by atoms with Gasteiger partial charge in [0.05, 0.1) is 12.3 Å². The van der Waals surface area contributed by atoms with E-state index in [2.05, 4.69) is 31.2 Å². The molecule has 0 fully saturated rings. The molecule has 2 aromatic rings. The molecule has 1 aromatic carbocycles. The number of unbranched alkanes of at least 4 members (excludes halogenated alkanes) is 1. The quantitative estimate of drug-likeness (QED) is 0.849. The van der Waals surface area contributed by atoms with E-state index in [0.717, 1.165) is 17.7 Å². The Balaban J connectivity index is 2.07. The molecule has 1 atom stereocenters. The van der Waals surface area contributed by atoms with E-state index in [9.17, 15) is 0 Å². The Morgan fingerprint density at radius 2 is 1.94 bits per heavy atom. The van der Waals surface area contributed by atoms with E-state index < -0.39 is 0 Å². The van der Waals surface area contributed by atoms with Gasteiger partial charge in [-0.2, -0.15) is 0 Å². The van der Waals surface area contributed by atoms with E-state index in [0.29, 0.717) is 0 Å². The predicted molar refractivity (Wildman–Crippen MR) is 69.8 cm³/mol. The van der Waals surface area contributed by atoms with Gasteiger partial charge in [0, 0.05) is 0 Å². The van der Waals surface area contributed by atoms with Gasteiger partial charge in [0.25, 0.3) is 0 Å². The molecule has 0 radical (unpaired) electrons. The molecule has 0 amide bonds. The minimum atomic E-state index is -0.162. The van der Waals surface area contributed by atoms with Crippen LogP contribution in [0.2, 0.25) is 0 Å². The zero-order chi connectivity index (χ0) is 12.1. The Labute approximate surface area is 102 Å². The zero-order valence-electron chi connectivity index (χ0n) is 10.2. The van der Waals surface area contributed by atoms with Gasteiger partial charge in [-0.25, -0.2) is 0 Å². The maximum absolute atomic E-state index is 6.12. The normalized spacial score (nSPS) is 12.6. The van der Waals surface area contributed by atoms with Crippen LogP contribution >= 0.6 is 0 Å². The Morgan fingerprint density at radius 3 is 2.53 bits per heavy atom. The first-order valence-corrected chi connectivity index (χ1v) is 6.19. The van der Waals surface area contributed by atoms with E-state index in [1.807, 2.05) is 12.1 Å². The molecule has 1 heterocycles. The van der Waals surface area contributed by atoms with Gasteiger partial charge in [-0.15, -0.1) is 0 Å². The molecule has 0 bridgehead atoms. The van der Waals surface area contributed by atoms with Gasteiger partial charge in [0.15, 0.2) is 0 Å². The maximum atomic E-state index is 6.12. The molecular formula is C15H19NO. The van der Waals surface area contributed by atoms with Crippen molar-refractivity contribution in [2.24, 2.45) is 5.73 Å². The second-order valence-electron chi connectivity index (χ2n) is 4.34. The van der Waals surface area contributed by atoms with Crippen LogP contribution in [0.4, 0.5) is 0 Å². The second kappa shape index (κ2) is 5.69. The van der Waals surface area contributed by atoms with Crippen LogP contribution in [0.3, 0.4) is 0 Å². The van der Waals surface area contributed by atoms with Crippen LogP contribution in [0.25, 0.3) is 0 Å². The highest BCUT2D eigenvalue weighted by Gasteiger charge is 2.10. The third-order valence-corrected chi connectivity index (χ3v) is 3.01. The molecule has 90 valence electrons. The van der Waals surface area contributed by atoms with Gasteiger partial charge in [-0.05, 0) is 36.1 Å². The highest BCUT2D eigenvalue weighted by molar-refractivity contribution is 5.29. The summed E-state index contributed by atoms with van der Waals surface area (Å²) < 4.78 is 5.32. The molecule has 0 saturated heterocycles. The molecule has 17 heavy (non-hydrogen) atoms. The molecule has 2 rings (SSSR count). The fraction of sp³-hybridized carbons (Fsp3) is 0.333. The lowest BCUT2D eigenvalue weighted by Crippen LogP contribution is -2.10. The summed E-state index contributed by atoms with van der Waals surface area (Å²) in [5.74, 6) is 0.811. The molecule has 0 aliphatic carbocycles. The summed E-state index contributed by atoms with van der Waals surface area (Å²) in [5.41, 5.74) is 8.59. The van der Waals surface area contributed by atoms with Crippen LogP contribution in [0.1, 0.15) is 42.7 Å². The molecule has 2 N–H and O–H groups in total. The van der Waals surface area contributed by atoms with E-state index >= 15 is 0 Å². The molecule has 0 saturated carbocycles. The van der Waals surface area contributed by atoms with Gasteiger partial charge >= 0.3 is 0 Å².